The first kappa shape index (κ1) is 24.4. The average Bonchev–Trinajstić information content (AvgIpc) is 3.41. The number of nitrogens with zero attached hydrogens (tertiary/aromatic N) is 7. The van der Waals surface area contributed by atoms with Crippen molar-refractivity contribution in [3.63, 3.8) is 0 Å². The molecule has 13 nitrogen and oxygen atoms in total. The molecule has 0 aromatic carbocycles. The Morgan fingerprint density at radius 1 is 1.35 bits per heavy atom. The van der Waals surface area contributed by atoms with Gasteiger partial charge < -0.3 is 26.6 Å². The van der Waals surface area contributed by atoms with Crippen molar-refractivity contribution in [3.05, 3.63) is 22.1 Å². The van der Waals surface area contributed by atoms with Crippen LogP contribution in [-0.2, 0) is 27.3 Å². The summed E-state index contributed by atoms with van der Waals surface area (Å²) in [4.78, 5) is 45.1. The number of likely N-dealkylation sites (N-methyl/N-ethyl adjacent to an activating group) is 1. The van der Waals surface area contributed by atoms with Crippen molar-refractivity contribution >= 4 is 57.7 Å². The van der Waals surface area contributed by atoms with Gasteiger partial charge in [0.05, 0.1) is 18.7 Å². The lowest BCUT2D eigenvalue weighted by Gasteiger charge is -2.51. The van der Waals surface area contributed by atoms with Gasteiger partial charge in [-0.05, 0) is 35.5 Å². The van der Waals surface area contributed by atoms with Gasteiger partial charge in [-0.1, -0.05) is 11.8 Å². The molecule has 0 spiro atoms. The molecule has 182 valence electrons. The predicted octanol–water partition coefficient (Wildman–Crippen LogP) is -1.25. The monoisotopic (exact) mass is 524 g/mol. The Labute approximate surface area is 207 Å². The Morgan fingerprint density at radius 3 is 2.82 bits per heavy atom. The lowest BCUT2D eigenvalue weighted by Crippen LogP contribution is -2.74. The fourth-order valence-corrected chi connectivity index (χ4v) is 6.35. The zero-order chi connectivity index (χ0) is 24.4. The summed E-state index contributed by atoms with van der Waals surface area (Å²) in [7, 11) is 3.92. The molecule has 1 fully saturated rings. The van der Waals surface area contributed by atoms with Gasteiger partial charge in [0.1, 0.15) is 17.5 Å². The third kappa shape index (κ3) is 5.18. The summed E-state index contributed by atoms with van der Waals surface area (Å²) in [5.41, 5.74) is 12.5. The van der Waals surface area contributed by atoms with Crippen LogP contribution in [0.1, 0.15) is 5.69 Å². The molecule has 3 amide bonds. The number of β-lactam (4-membered cyclic amide) rings is 1. The van der Waals surface area contributed by atoms with Gasteiger partial charge in [0.2, 0.25) is 22.9 Å². The zero-order valence-electron chi connectivity index (χ0n) is 18.4. The zero-order valence-corrected chi connectivity index (χ0v) is 20.9. The number of anilines is 1. The van der Waals surface area contributed by atoms with E-state index in [-0.39, 0.29) is 18.2 Å². The fraction of sp³-hybridized carbons (Fsp3) is 0.500. The minimum atomic E-state index is -0.885. The normalized spacial score (nSPS) is 21.7. The number of rotatable bonds is 10. The number of tetrazole rings is 1. The number of thioether (sulfide) groups is 2. The van der Waals surface area contributed by atoms with E-state index < -0.39 is 23.4 Å². The summed E-state index contributed by atoms with van der Waals surface area (Å²) in [6, 6.07) is -1.62. The van der Waals surface area contributed by atoms with Crippen LogP contribution in [0.5, 0.6) is 0 Å². The first-order valence-electron chi connectivity index (χ1n) is 10.2. The highest BCUT2D eigenvalue weighted by Crippen LogP contribution is 2.41. The molecular formula is C18H24N10O3S3. The van der Waals surface area contributed by atoms with Gasteiger partial charge in [-0.25, -0.2) is 9.67 Å². The van der Waals surface area contributed by atoms with E-state index in [2.05, 4.69) is 25.8 Å². The van der Waals surface area contributed by atoms with Crippen LogP contribution in [0, 0.1) is 0 Å². The highest BCUT2D eigenvalue weighted by molar-refractivity contribution is 8.03. The Balaban J connectivity index is 1.39. The van der Waals surface area contributed by atoms with Crippen LogP contribution in [0.2, 0.25) is 0 Å². The second kappa shape index (κ2) is 10.3. The molecule has 3 atom stereocenters. The quantitative estimate of drug-likeness (QED) is 0.250. The first-order chi connectivity index (χ1) is 16.2. The van der Waals surface area contributed by atoms with Crippen molar-refractivity contribution in [2.75, 3.05) is 32.1 Å². The minimum Gasteiger partial charge on any atom is -0.375 e. The SMILES string of the molecule is CN(C)CCn1nnnc1SCC1=CS[C@@H]2[C@H](NC(=O)Cc3csc(N)n3)C(=O)N2C1C(N)=O. The number of fused-ring (bicyclic) bond motifs is 1. The maximum absolute atomic E-state index is 12.9. The largest absolute Gasteiger partial charge is 0.375 e. The molecule has 0 bridgehead atoms. The lowest BCUT2D eigenvalue weighted by molar-refractivity contribution is -0.154. The van der Waals surface area contributed by atoms with Crippen LogP contribution in [0.15, 0.2) is 21.5 Å². The molecule has 34 heavy (non-hydrogen) atoms. The number of hydrogen-bond donors (Lipinski definition) is 3. The standard InChI is InChI=1S/C18H24N10O3S3/c1-26(2)3-4-27-18(23-24-25-27)34-7-9-6-32-16-12(15(31)28(16)13(9)14(19)30)22-11(29)5-10-8-33-17(20)21-10/h6,8,12-13,16H,3-5,7H2,1-2H3,(H2,19,30)(H2,20,21)(H,22,29)/t12-,13?,16-/m1/s1. The number of nitrogens with one attached hydrogen (secondary N) is 1. The van der Waals surface area contributed by atoms with Crippen LogP contribution in [0.3, 0.4) is 0 Å². The molecule has 2 aliphatic rings. The molecule has 1 unspecified atom stereocenters. The van der Waals surface area contributed by atoms with Crippen molar-refractivity contribution in [3.8, 4) is 0 Å². The minimum absolute atomic E-state index is 0.0222. The van der Waals surface area contributed by atoms with Crippen molar-refractivity contribution in [2.45, 2.75) is 35.6 Å². The number of hydrogen-bond acceptors (Lipinski definition) is 12. The smallest absolute Gasteiger partial charge is 0.250 e. The molecule has 16 heteroatoms. The molecule has 0 radical (unpaired) electrons. The van der Waals surface area contributed by atoms with E-state index in [0.717, 1.165) is 6.54 Å². The Kier molecular flexibility index (Phi) is 7.39. The molecule has 2 aromatic heterocycles. The van der Waals surface area contributed by atoms with Crippen molar-refractivity contribution in [1.82, 2.24) is 40.3 Å². The predicted molar refractivity (Wildman–Crippen MR) is 129 cm³/mol. The summed E-state index contributed by atoms with van der Waals surface area (Å²) in [6.07, 6.45) is 0.0222. The van der Waals surface area contributed by atoms with Gasteiger partial charge >= 0.3 is 0 Å². The third-order valence-electron chi connectivity index (χ3n) is 5.19. The molecule has 0 aliphatic carbocycles. The van der Waals surface area contributed by atoms with E-state index in [1.54, 1.807) is 10.1 Å². The first-order valence-corrected chi connectivity index (χ1v) is 13.0. The third-order valence-corrected chi connectivity index (χ3v) is 8.16. The summed E-state index contributed by atoms with van der Waals surface area (Å²) in [5, 5.41) is 18.6. The number of nitrogens with two attached hydrogens (primary N) is 2. The molecule has 2 aliphatic heterocycles. The van der Waals surface area contributed by atoms with E-state index in [4.69, 9.17) is 11.5 Å². The number of aromatic nitrogens is 5. The number of thiazole rings is 1. The lowest BCUT2D eigenvalue weighted by atomic mass is 9.98. The second-order valence-electron chi connectivity index (χ2n) is 7.95. The van der Waals surface area contributed by atoms with E-state index in [0.29, 0.717) is 33.9 Å². The summed E-state index contributed by atoms with van der Waals surface area (Å²) >= 11 is 3.99. The maximum Gasteiger partial charge on any atom is 0.250 e. The molecule has 0 saturated carbocycles. The summed E-state index contributed by atoms with van der Waals surface area (Å²) < 4.78 is 1.69. The summed E-state index contributed by atoms with van der Waals surface area (Å²) in [5.74, 6) is -0.921. The van der Waals surface area contributed by atoms with Crippen LogP contribution in [0.25, 0.3) is 0 Å². The average molecular weight is 525 g/mol. The van der Waals surface area contributed by atoms with Gasteiger partial charge in [0.15, 0.2) is 5.13 Å². The van der Waals surface area contributed by atoms with Gasteiger partial charge in [0.25, 0.3) is 0 Å². The summed E-state index contributed by atoms with van der Waals surface area (Å²) in [6.45, 7) is 1.39. The van der Waals surface area contributed by atoms with Crippen molar-refractivity contribution in [1.29, 1.82) is 0 Å². The van der Waals surface area contributed by atoms with Crippen molar-refractivity contribution in [2.24, 2.45) is 5.73 Å². The van der Waals surface area contributed by atoms with Crippen molar-refractivity contribution < 1.29 is 14.4 Å². The Morgan fingerprint density at radius 2 is 2.15 bits per heavy atom. The van der Waals surface area contributed by atoms with Crippen LogP contribution >= 0.6 is 34.9 Å². The molecule has 4 heterocycles. The Bertz CT molecular complexity index is 1120. The second-order valence-corrected chi connectivity index (χ2v) is 10.8. The van der Waals surface area contributed by atoms with Gasteiger partial charge in [-0.15, -0.1) is 28.2 Å². The maximum atomic E-state index is 12.9. The van der Waals surface area contributed by atoms with Crippen LogP contribution in [0.4, 0.5) is 5.13 Å². The number of amides is 3. The molecule has 1 saturated heterocycles. The molecular weight excluding hydrogens is 500 g/mol. The molecule has 5 N–H and O–H groups in total. The Hall–Kier alpha value is -2.69. The van der Waals surface area contributed by atoms with Gasteiger partial charge in [0, 0.05) is 17.7 Å². The van der Waals surface area contributed by atoms with Crippen LogP contribution < -0.4 is 16.8 Å². The number of carbonyl (C=O) groups is 3. The topological polar surface area (TPSA) is 178 Å². The van der Waals surface area contributed by atoms with Crippen LogP contribution in [-0.4, -0.2) is 96.6 Å². The number of primary amides is 1. The van der Waals surface area contributed by atoms with E-state index in [1.807, 2.05) is 24.4 Å². The highest BCUT2D eigenvalue weighted by Gasteiger charge is 2.55. The van der Waals surface area contributed by atoms with Gasteiger partial charge in [-0.2, -0.15) is 0 Å². The molecule has 4 rings (SSSR count). The van der Waals surface area contributed by atoms with Gasteiger partial charge in [-0.3, -0.25) is 14.4 Å². The number of nitrogen functional groups attached to an aromatic ring is 1. The number of carbonyl (C=O) groups excluding carboxylic acids is 3. The van der Waals surface area contributed by atoms with E-state index >= 15 is 0 Å². The van der Waals surface area contributed by atoms with E-state index in [1.165, 1.54) is 39.8 Å². The highest BCUT2D eigenvalue weighted by atomic mass is 32.2. The van der Waals surface area contributed by atoms with E-state index in [9.17, 15) is 14.4 Å². The fourth-order valence-electron chi connectivity index (χ4n) is 3.55. The molecule has 2 aromatic rings.